The van der Waals surface area contributed by atoms with Gasteiger partial charge in [0.05, 0.1) is 10.2 Å². The van der Waals surface area contributed by atoms with E-state index in [0.29, 0.717) is 0 Å². The monoisotopic (exact) mass is 368 g/mol. The van der Waals surface area contributed by atoms with Crippen LogP contribution in [0.15, 0.2) is 24.3 Å². The summed E-state index contributed by atoms with van der Waals surface area (Å²) in [7, 11) is 0. The zero-order chi connectivity index (χ0) is 10.2. The van der Waals surface area contributed by atoms with Gasteiger partial charge < -0.3 is 4.74 Å². The van der Waals surface area contributed by atoms with Gasteiger partial charge in [-0.3, -0.25) is 0 Å². The van der Waals surface area contributed by atoms with Crippen LogP contribution in [-0.2, 0) is 0 Å². The first kappa shape index (κ1) is 12.3. The van der Waals surface area contributed by atoms with Crippen LogP contribution in [0.5, 0.6) is 5.75 Å². The molecule has 0 bridgehead atoms. The molecule has 0 aliphatic heterocycles. The second-order valence-electron chi connectivity index (χ2n) is 3.03. The van der Waals surface area contributed by atoms with E-state index in [0.717, 1.165) is 24.1 Å². The number of ether oxygens (including phenoxy) is 1. The van der Waals surface area contributed by atoms with Gasteiger partial charge in [0.1, 0.15) is 5.75 Å². The van der Waals surface area contributed by atoms with Crippen molar-refractivity contribution in [2.24, 2.45) is 0 Å². The number of alkyl halides is 1. The van der Waals surface area contributed by atoms with Crippen molar-refractivity contribution < 1.29 is 4.74 Å². The van der Waals surface area contributed by atoms with E-state index in [-0.39, 0.29) is 0 Å². The first-order chi connectivity index (χ1) is 6.84. The van der Waals surface area contributed by atoms with Crippen molar-refractivity contribution in [2.45, 2.75) is 19.3 Å². The summed E-state index contributed by atoms with van der Waals surface area (Å²) in [5.41, 5.74) is 0. The molecule has 0 aromatic heterocycles. The number of hydrogen-bond acceptors (Lipinski definition) is 1. The second-order valence-corrected chi connectivity index (χ2v) is 4.98. The number of rotatable bonds is 6. The molecule has 3 heteroatoms. The highest BCUT2D eigenvalue weighted by atomic mass is 127. The number of para-hydroxylation sites is 1. The van der Waals surface area contributed by atoms with Gasteiger partial charge >= 0.3 is 0 Å². The Morgan fingerprint density at radius 2 is 1.93 bits per heavy atom. The Morgan fingerprint density at radius 1 is 1.14 bits per heavy atom. The van der Waals surface area contributed by atoms with Gasteiger partial charge in [-0.2, -0.15) is 0 Å². The van der Waals surface area contributed by atoms with Crippen LogP contribution in [-0.4, -0.2) is 11.9 Å². The number of halogens is 2. The van der Waals surface area contributed by atoms with Crippen molar-refractivity contribution in [3.63, 3.8) is 0 Å². The smallest absolute Gasteiger partial charge is 0.132 e. The van der Waals surface area contributed by atoms with Crippen molar-refractivity contribution in [3.05, 3.63) is 27.8 Å². The summed E-state index contributed by atoms with van der Waals surface area (Å²) < 4.78 is 6.85. The van der Waals surface area contributed by atoms with Crippen LogP contribution in [0.2, 0.25) is 0 Å². The Kier molecular flexibility index (Phi) is 6.60. The molecule has 0 atom stereocenters. The minimum Gasteiger partial charge on any atom is -0.492 e. The summed E-state index contributed by atoms with van der Waals surface area (Å²) in [5, 5.41) is 1.09. The van der Waals surface area contributed by atoms with Crippen LogP contribution in [0.25, 0.3) is 0 Å². The summed E-state index contributed by atoms with van der Waals surface area (Å²) in [6.45, 7) is 0.826. The third-order valence-corrected chi connectivity index (χ3v) is 3.32. The van der Waals surface area contributed by atoms with Crippen LogP contribution in [0.4, 0.5) is 0 Å². The van der Waals surface area contributed by atoms with E-state index >= 15 is 0 Å². The minimum atomic E-state index is 0.826. The van der Waals surface area contributed by atoms with Gasteiger partial charge in [-0.1, -0.05) is 28.1 Å². The molecule has 14 heavy (non-hydrogen) atoms. The third kappa shape index (κ3) is 4.64. The van der Waals surface area contributed by atoms with Crippen LogP contribution in [0.1, 0.15) is 19.3 Å². The zero-order valence-electron chi connectivity index (χ0n) is 8.01. The van der Waals surface area contributed by atoms with Crippen LogP contribution >= 0.6 is 38.5 Å². The Labute approximate surface area is 107 Å². The lowest BCUT2D eigenvalue weighted by molar-refractivity contribution is 0.304. The minimum absolute atomic E-state index is 0.826. The van der Waals surface area contributed by atoms with Crippen LogP contribution in [0.3, 0.4) is 0 Å². The molecule has 0 heterocycles. The van der Waals surface area contributed by atoms with Gasteiger partial charge in [-0.25, -0.2) is 0 Å². The fraction of sp³-hybridized carbons (Fsp3) is 0.455. The van der Waals surface area contributed by atoms with Crippen molar-refractivity contribution >= 4 is 38.5 Å². The number of benzene rings is 1. The molecule has 0 fully saturated rings. The first-order valence-corrected chi connectivity index (χ1v) is 6.98. The fourth-order valence-corrected chi connectivity index (χ4v) is 2.06. The maximum absolute atomic E-state index is 5.66. The highest BCUT2D eigenvalue weighted by Gasteiger charge is 1.97. The van der Waals surface area contributed by atoms with Crippen LogP contribution in [0, 0.1) is 3.57 Å². The standard InChI is InChI=1S/C11H14BrIO/c12-8-4-1-5-9-14-11-7-3-2-6-10(11)13/h2-3,6-7H,1,4-5,8-9H2. The van der Waals surface area contributed by atoms with Gasteiger partial charge in [0.15, 0.2) is 0 Å². The molecular weight excluding hydrogens is 355 g/mol. The molecule has 0 unspecified atom stereocenters. The first-order valence-electron chi connectivity index (χ1n) is 4.78. The highest BCUT2D eigenvalue weighted by molar-refractivity contribution is 14.1. The van der Waals surface area contributed by atoms with E-state index < -0.39 is 0 Å². The van der Waals surface area contributed by atoms with E-state index in [9.17, 15) is 0 Å². The lowest BCUT2D eigenvalue weighted by atomic mass is 10.3. The van der Waals surface area contributed by atoms with E-state index in [4.69, 9.17) is 4.74 Å². The van der Waals surface area contributed by atoms with Crippen molar-refractivity contribution in [1.82, 2.24) is 0 Å². The van der Waals surface area contributed by atoms with E-state index in [1.54, 1.807) is 0 Å². The summed E-state index contributed by atoms with van der Waals surface area (Å²) in [6, 6.07) is 8.12. The van der Waals surface area contributed by atoms with E-state index in [1.165, 1.54) is 16.4 Å². The Hall–Kier alpha value is 0.230. The maximum atomic E-state index is 5.66. The van der Waals surface area contributed by atoms with E-state index in [2.05, 4.69) is 44.6 Å². The molecule has 0 aliphatic rings. The van der Waals surface area contributed by atoms with Crippen molar-refractivity contribution in [2.75, 3.05) is 11.9 Å². The maximum Gasteiger partial charge on any atom is 0.132 e. The largest absolute Gasteiger partial charge is 0.492 e. The van der Waals surface area contributed by atoms with Gasteiger partial charge in [0.2, 0.25) is 0 Å². The quantitative estimate of drug-likeness (QED) is 0.414. The predicted octanol–water partition coefficient (Wildman–Crippen LogP) is 4.24. The van der Waals surface area contributed by atoms with Crippen molar-refractivity contribution in [1.29, 1.82) is 0 Å². The summed E-state index contributed by atoms with van der Waals surface area (Å²) in [4.78, 5) is 0. The van der Waals surface area contributed by atoms with Gasteiger partial charge in [-0.05, 0) is 54.0 Å². The molecule has 0 amide bonds. The number of hydrogen-bond donors (Lipinski definition) is 0. The normalized spacial score (nSPS) is 10.1. The summed E-state index contributed by atoms with van der Waals surface area (Å²) >= 11 is 5.71. The Morgan fingerprint density at radius 3 is 2.64 bits per heavy atom. The SMILES string of the molecule is BrCCCCCOc1ccccc1I. The molecule has 1 nitrogen and oxygen atoms in total. The average molecular weight is 369 g/mol. The molecule has 0 radical (unpaired) electrons. The van der Waals surface area contributed by atoms with Crippen LogP contribution < -0.4 is 4.74 Å². The van der Waals surface area contributed by atoms with Gasteiger partial charge in [-0.15, -0.1) is 0 Å². The Bertz CT molecular complexity index is 265. The summed E-state index contributed by atoms with van der Waals surface area (Å²) in [6.07, 6.45) is 3.60. The molecule has 1 rings (SSSR count). The fourth-order valence-electron chi connectivity index (χ4n) is 1.12. The highest BCUT2D eigenvalue weighted by Crippen LogP contribution is 2.19. The summed E-state index contributed by atoms with van der Waals surface area (Å²) in [5.74, 6) is 1.01. The lowest BCUT2D eigenvalue weighted by Crippen LogP contribution is -1.98. The van der Waals surface area contributed by atoms with Crippen molar-refractivity contribution in [3.8, 4) is 5.75 Å². The molecule has 1 aromatic rings. The molecule has 0 saturated carbocycles. The molecule has 1 aromatic carbocycles. The topological polar surface area (TPSA) is 9.23 Å². The third-order valence-electron chi connectivity index (χ3n) is 1.87. The molecular formula is C11H14BrIO. The van der Waals surface area contributed by atoms with E-state index in [1.807, 2.05) is 18.2 Å². The van der Waals surface area contributed by atoms with Gasteiger partial charge in [0.25, 0.3) is 0 Å². The predicted molar refractivity (Wildman–Crippen MR) is 72.3 cm³/mol. The Balaban J connectivity index is 2.21. The lowest BCUT2D eigenvalue weighted by Gasteiger charge is -2.07. The molecule has 78 valence electrons. The van der Waals surface area contributed by atoms with Gasteiger partial charge in [0, 0.05) is 5.33 Å². The zero-order valence-corrected chi connectivity index (χ0v) is 11.8. The molecule has 0 spiro atoms. The molecule has 0 aliphatic carbocycles. The number of unbranched alkanes of at least 4 members (excludes halogenated alkanes) is 2. The molecule has 0 saturated heterocycles. The average Bonchev–Trinajstić information content (AvgIpc) is 2.20. The molecule has 0 N–H and O–H groups in total. The second kappa shape index (κ2) is 7.51.